The van der Waals surface area contributed by atoms with E-state index < -0.39 is 0 Å². The smallest absolute Gasteiger partial charge is 0.0596 e. The summed E-state index contributed by atoms with van der Waals surface area (Å²) in [6, 6.07) is 2.86. The molecule has 2 unspecified atom stereocenters. The summed E-state index contributed by atoms with van der Waals surface area (Å²) >= 11 is 2.15. The molecule has 1 aromatic rings. The fraction of sp³-hybridized carbons (Fsp3) is 0.800. The van der Waals surface area contributed by atoms with E-state index in [1.807, 2.05) is 0 Å². The van der Waals surface area contributed by atoms with Crippen molar-refractivity contribution in [3.05, 3.63) is 17.5 Å². The third-order valence-corrected chi connectivity index (χ3v) is 5.30. The highest BCUT2D eigenvalue weighted by Crippen LogP contribution is 2.30. The van der Waals surface area contributed by atoms with Crippen LogP contribution in [0.25, 0.3) is 0 Å². The fourth-order valence-corrected chi connectivity index (χ4v) is 4.24. The van der Waals surface area contributed by atoms with Gasteiger partial charge in [0.25, 0.3) is 0 Å². The molecule has 1 aromatic heterocycles. The van der Waals surface area contributed by atoms with Crippen LogP contribution in [-0.2, 0) is 13.0 Å². The molecular formula is C15H27N3S. The number of nitrogens with one attached hydrogen (secondary N) is 1. The summed E-state index contributed by atoms with van der Waals surface area (Å²) in [5, 5.41) is 9.11. The van der Waals surface area contributed by atoms with Gasteiger partial charge in [-0.25, -0.2) is 0 Å². The van der Waals surface area contributed by atoms with Crippen LogP contribution in [-0.4, -0.2) is 33.4 Å². The Morgan fingerprint density at radius 2 is 2.37 bits per heavy atom. The molecule has 1 N–H and O–H groups in total. The zero-order valence-electron chi connectivity index (χ0n) is 12.5. The van der Waals surface area contributed by atoms with Crippen molar-refractivity contribution in [2.24, 2.45) is 0 Å². The van der Waals surface area contributed by atoms with Gasteiger partial charge < -0.3 is 5.32 Å². The van der Waals surface area contributed by atoms with Gasteiger partial charge in [-0.1, -0.05) is 6.92 Å². The number of aromatic nitrogens is 2. The molecular weight excluding hydrogens is 254 g/mol. The standard InChI is InChI=1S/C15H27N3S/c1-4-8-16-14(15-7-6-9-19-15)11-13-10-12(3)17-18(13)5-2/h10,14-16H,4-9,11H2,1-3H3. The molecule has 0 bridgehead atoms. The Balaban J connectivity index is 2.05. The lowest BCUT2D eigenvalue weighted by Gasteiger charge is -2.24. The zero-order chi connectivity index (χ0) is 13.7. The second-order valence-corrected chi connectivity index (χ2v) is 6.76. The fourth-order valence-electron chi connectivity index (χ4n) is 2.85. The van der Waals surface area contributed by atoms with Gasteiger partial charge in [0.15, 0.2) is 0 Å². The molecule has 1 saturated heterocycles. The van der Waals surface area contributed by atoms with E-state index in [2.05, 4.69) is 53.7 Å². The minimum atomic E-state index is 0.605. The quantitative estimate of drug-likeness (QED) is 0.833. The Labute approximate surface area is 121 Å². The molecule has 2 rings (SSSR count). The van der Waals surface area contributed by atoms with Crippen LogP contribution in [0.4, 0.5) is 0 Å². The summed E-state index contributed by atoms with van der Waals surface area (Å²) in [7, 11) is 0. The number of hydrogen-bond donors (Lipinski definition) is 1. The molecule has 0 amide bonds. The number of hydrogen-bond acceptors (Lipinski definition) is 3. The van der Waals surface area contributed by atoms with Gasteiger partial charge in [0.2, 0.25) is 0 Å². The maximum atomic E-state index is 4.57. The lowest BCUT2D eigenvalue weighted by atomic mass is 10.0. The average molecular weight is 281 g/mol. The summed E-state index contributed by atoms with van der Waals surface area (Å²) in [5.74, 6) is 1.33. The first-order chi connectivity index (χ1) is 9.24. The normalized spacial score (nSPS) is 20.9. The number of aryl methyl sites for hydroxylation is 2. The van der Waals surface area contributed by atoms with Crippen LogP contribution in [0.2, 0.25) is 0 Å². The highest BCUT2D eigenvalue weighted by atomic mass is 32.2. The van der Waals surface area contributed by atoms with Crippen molar-refractivity contribution in [3.8, 4) is 0 Å². The molecule has 2 heterocycles. The molecule has 19 heavy (non-hydrogen) atoms. The monoisotopic (exact) mass is 281 g/mol. The largest absolute Gasteiger partial charge is 0.312 e. The maximum Gasteiger partial charge on any atom is 0.0596 e. The summed E-state index contributed by atoms with van der Waals surface area (Å²) in [6.45, 7) is 8.61. The van der Waals surface area contributed by atoms with Crippen molar-refractivity contribution in [1.29, 1.82) is 0 Å². The van der Waals surface area contributed by atoms with E-state index in [-0.39, 0.29) is 0 Å². The molecule has 0 spiro atoms. The molecule has 108 valence electrons. The van der Waals surface area contributed by atoms with Gasteiger partial charge in [0.1, 0.15) is 0 Å². The van der Waals surface area contributed by atoms with E-state index in [1.54, 1.807) is 0 Å². The summed E-state index contributed by atoms with van der Waals surface area (Å²) in [5.41, 5.74) is 2.53. The minimum Gasteiger partial charge on any atom is -0.312 e. The molecule has 3 nitrogen and oxygen atoms in total. The third kappa shape index (κ3) is 3.99. The first-order valence-corrected chi connectivity index (χ1v) is 8.67. The number of nitrogens with zero attached hydrogens (tertiary/aromatic N) is 2. The van der Waals surface area contributed by atoms with Crippen molar-refractivity contribution in [1.82, 2.24) is 15.1 Å². The molecule has 0 saturated carbocycles. The van der Waals surface area contributed by atoms with Crippen molar-refractivity contribution < 1.29 is 0 Å². The van der Waals surface area contributed by atoms with E-state index in [0.29, 0.717) is 6.04 Å². The highest BCUT2D eigenvalue weighted by Gasteiger charge is 2.26. The topological polar surface area (TPSA) is 29.9 Å². The molecule has 1 aliphatic heterocycles. The van der Waals surface area contributed by atoms with Crippen molar-refractivity contribution in [2.45, 2.75) is 64.3 Å². The Kier molecular flexibility index (Phi) is 5.76. The van der Waals surface area contributed by atoms with E-state index in [1.165, 1.54) is 30.7 Å². The summed E-state index contributed by atoms with van der Waals surface area (Å²) in [4.78, 5) is 0. The van der Waals surface area contributed by atoms with Crippen molar-refractivity contribution >= 4 is 11.8 Å². The SMILES string of the molecule is CCCNC(Cc1cc(C)nn1CC)C1CCCS1. The van der Waals surface area contributed by atoms with Crippen molar-refractivity contribution in [3.63, 3.8) is 0 Å². The second-order valence-electron chi connectivity index (χ2n) is 5.41. The van der Waals surface area contributed by atoms with E-state index in [0.717, 1.165) is 30.5 Å². The Morgan fingerprint density at radius 3 is 3.00 bits per heavy atom. The van der Waals surface area contributed by atoms with Crippen LogP contribution in [0.15, 0.2) is 6.07 Å². The van der Waals surface area contributed by atoms with Gasteiger partial charge in [0, 0.05) is 30.0 Å². The predicted molar refractivity (Wildman–Crippen MR) is 83.9 cm³/mol. The van der Waals surface area contributed by atoms with Gasteiger partial charge >= 0.3 is 0 Å². The summed E-state index contributed by atoms with van der Waals surface area (Å²) < 4.78 is 2.16. The molecule has 1 fully saturated rings. The molecule has 2 atom stereocenters. The van der Waals surface area contributed by atoms with Crippen LogP contribution in [0.5, 0.6) is 0 Å². The van der Waals surface area contributed by atoms with Gasteiger partial charge in [0.05, 0.1) is 5.69 Å². The zero-order valence-corrected chi connectivity index (χ0v) is 13.3. The second kappa shape index (κ2) is 7.34. The van der Waals surface area contributed by atoms with Gasteiger partial charge in [-0.2, -0.15) is 16.9 Å². The van der Waals surface area contributed by atoms with E-state index >= 15 is 0 Å². The minimum absolute atomic E-state index is 0.605. The average Bonchev–Trinajstić information content (AvgIpc) is 3.03. The maximum absolute atomic E-state index is 4.57. The third-order valence-electron chi connectivity index (χ3n) is 3.78. The van der Waals surface area contributed by atoms with Gasteiger partial charge in [-0.05, 0) is 51.5 Å². The first kappa shape index (κ1) is 14.9. The first-order valence-electron chi connectivity index (χ1n) is 7.62. The number of rotatable bonds is 7. The summed E-state index contributed by atoms with van der Waals surface area (Å²) in [6.07, 6.45) is 5.07. The van der Waals surface area contributed by atoms with Crippen LogP contribution < -0.4 is 5.32 Å². The molecule has 1 aliphatic rings. The molecule has 4 heteroatoms. The van der Waals surface area contributed by atoms with Crippen LogP contribution >= 0.6 is 11.8 Å². The lowest BCUT2D eigenvalue weighted by molar-refractivity contribution is 0.465. The highest BCUT2D eigenvalue weighted by molar-refractivity contribution is 8.00. The van der Waals surface area contributed by atoms with Gasteiger partial charge in [-0.3, -0.25) is 4.68 Å². The Morgan fingerprint density at radius 1 is 1.53 bits per heavy atom. The van der Waals surface area contributed by atoms with E-state index in [9.17, 15) is 0 Å². The Hall–Kier alpha value is -0.480. The van der Waals surface area contributed by atoms with Crippen LogP contribution in [0.3, 0.4) is 0 Å². The molecule has 0 aliphatic carbocycles. The number of thioether (sulfide) groups is 1. The molecule has 0 radical (unpaired) electrons. The van der Waals surface area contributed by atoms with Gasteiger partial charge in [-0.15, -0.1) is 0 Å². The lowest BCUT2D eigenvalue weighted by Crippen LogP contribution is -2.40. The van der Waals surface area contributed by atoms with Crippen LogP contribution in [0, 0.1) is 6.92 Å². The molecule has 0 aromatic carbocycles. The Bertz CT molecular complexity index is 383. The van der Waals surface area contributed by atoms with Crippen molar-refractivity contribution in [2.75, 3.05) is 12.3 Å². The van der Waals surface area contributed by atoms with E-state index in [4.69, 9.17) is 0 Å². The predicted octanol–water partition coefficient (Wildman–Crippen LogP) is 3.02. The van der Waals surface area contributed by atoms with Crippen LogP contribution in [0.1, 0.15) is 44.5 Å².